The van der Waals surface area contributed by atoms with Gasteiger partial charge in [0.2, 0.25) is 0 Å². The molecule has 1 aromatic rings. The standard InChI is InChI=1S/C14H22FNO/c1-6-14(3,17-5)13(16-4)11-9-10(2)7-8-12(11)15/h7-9,13,16H,6H2,1-5H3. The zero-order chi connectivity index (χ0) is 13.1. The quantitative estimate of drug-likeness (QED) is 0.852. The fraction of sp³-hybridized carbons (Fsp3) is 0.571. The molecule has 2 atom stereocenters. The van der Waals surface area contributed by atoms with Crippen LogP contribution in [0.25, 0.3) is 0 Å². The third kappa shape index (κ3) is 2.85. The molecule has 0 heterocycles. The zero-order valence-electron chi connectivity index (χ0n) is 11.3. The fourth-order valence-corrected chi connectivity index (χ4v) is 2.14. The number of nitrogens with one attached hydrogen (secondary N) is 1. The van der Waals surface area contributed by atoms with E-state index in [4.69, 9.17) is 4.74 Å². The maximum Gasteiger partial charge on any atom is 0.128 e. The SMILES string of the molecule is CCC(C)(OC)C(NC)c1cc(C)ccc1F. The number of methoxy groups -OCH3 is 1. The summed E-state index contributed by atoms with van der Waals surface area (Å²) in [6, 6.07) is 5.02. The summed E-state index contributed by atoms with van der Waals surface area (Å²) in [4.78, 5) is 0. The zero-order valence-corrected chi connectivity index (χ0v) is 11.3. The molecule has 2 nitrogen and oxygen atoms in total. The van der Waals surface area contributed by atoms with E-state index in [0.717, 1.165) is 12.0 Å². The third-order valence-electron chi connectivity index (χ3n) is 3.53. The summed E-state index contributed by atoms with van der Waals surface area (Å²) in [5.74, 6) is -0.188. The van der Waals surface area contributed by atoms with Crippen LogP contribution >= 0.6 is 0 Å². The van der Waals surface area contributed by atoms with Gasteiger partial charge in [0, 0.05) is 12.7 Å². The predicted octanol–water partition coefficient (Wildman–Crippen LogP) is 3.21. The molecule has 0 aliphatic heterocycles. The molecule has 1 rings (SSSR count). The van der Waals surface area contributed by atoms with Gasteiger partial charge in [-0.15, -0.1) is 0 Å². The van der Waals surface area contributed by atoms with E-state index in [-0.39, 0.29) is 11.9 Å². The molecule has 2 unspecified atom stereocenters. The van der Waals surface area contributed by atoms with Crippen LogP contribution in [-0.4, -0.2) is 19.8 Å². The van der Waals surface area contributed by atoms with E-state index in [9.17, 15) is 4.39 Å². The molecular formula is C14H22FNO. The van der Waals surface area contributed by atoms with Gasteiger partial charge in [-0.1, -0.05) is 24.6 Å². The van der Waals surface area contributed by atoms with Gasteiger partial charge in [-0.05, 0) is 33.4 Å². The highest BCUT2D eigenvalue weighted by molar-refractivity contribution is 5.28. The number of hydrogen-bond acceptors (Lipinski definition) is 2. The molecule has 0 spiro atoms. The van der Waals surface area contributed by atoms with E-state index in [0.29, 0.717) is 5.56 Å². The molecule has 0 fully saturated rings. The molecular weight excluding hydrogens is 217 g/mol. The number of likely N-dealkylation sites (N-methyl/N-ethyl adjacent to an activating group) is 1. The Bertz CT molecular complexity index is 374. The van der Waals surface area contributed by atoms with Gasteiger partial charge in [0.1, 0.15) is 5.82 Å². The lowest BCUT2D eigenvalue weighted by Gasteiger charge is -2.36. The van der Waals surface area contributed by atoms with Crippen LogP contribution in [0, 0.1) is 12.7 Å². The molecule has 96 valence electrons. The van der Waals surface area contributed by atoms with Crippen molar-refractivity contribution < 1.29 is 9.13 Å². The van der Waals surface area contributed by atoms with E-state index in [1.165, 1.54) is 6.07 Å². The van der Waals surface area contributed by atoms with Crippen LogP contribution < -0.4 is 5.32 Å². The smallest absolute Gasteiger partial charge is 0.128 e. The number of benzene rings is 1. The first kappa shape index (κ1) is 14.1. The topological polar surface area (TPSA) is 21.3 Å². The lowest BCUT2D eigenvalue weighted by atomic mass is 9.87. The largest absolute Gasteiger partial charge is 0.377 e. The van der Waals surface area contributed by atoms with Gasteiger partial charge in [0.25, 0.3) is 0 Å². The number of rotatable bonds is 5. The minimum absolute atomic E-state index is 0.155. The number of ether oxygens (including phenoxy) is 1. The minimum atomic E-state index is -0.413. The summed E-state index contributed by atoms with van der Waals surface area (Å²) in [7, 11) is 3.50. The van der Waals surface area contributed by atoms with E-state index in [2.05, 4.69) is 5.32 Å². The second-order valence-electron chi connectivity index (χ2n) is 4.62. The van der Waals surface area contributed by atoms with E-state index >= 15 is 0 Å². The van der Waals surface area contributed by atoms with Gasteiger partial charge in [-0.2, -0.15) is 0 Å². The van der Waals surface area contributed by atoms with E-state index in [1.54, 1.807) is 13.2 Å². The Kier molecular flexibility index (Phi) is 4.66. The molecule has 17 heavy (non-hydrogen) atoms. The van der Waals surface area contributed by atoms with Gasteiger partial charge in [-0.25, -0.2) is 4.39 Å². The fourth-order valence-electron chi connectivity index (χ4n) is 2.14. The van der Waals surface area contributed by atoms with Crippen molar-refractivity contribution in [1.29, 1.82) is 0 Å². The molecule has 0 bridgehead atoms. The van der Waals surface area contributed by atoms with Crippen LogP contribution in [0.15, 0.2) is 18.2 Å². The van der Waals surface area contributed by atoms with Gasteiger partial charge >= 0.3 is 0 Å². The molecule has 0 aliphatic carbocycles. The Labute approximate surface area is 103 Å². The number of aryl methyl sites for hydroxylation is 1. The van der Waals surface area contributed by atoms with Crippen LogP contribution in [0.5, 0.6) is 0 Å². The van der Waals surface area contributed by atoms with Gasteiger partial charge < -0.3 is 10.1 Å². The summed E-state index contributed by atoms with van der Waals surface area (Å²) < 4.78 is 19.5. The van der Waals surface area contributed by atoms with Crippen molar-refractivity contribution >= 4 is 0 Å². The van der Waals surface area contributed by atoms with Crippen LogP contribution in [-0.2, 0) is 4.74 Å². The normalized spacial score (nSPS) is 16.6. The summed E-state index contributed by atoms with van der Waals surface area (Å²) in [6.07, 6.45) is 0.808. The van der Waals surface area contributed by atoms with Crippen molar-refractivity contribution in [3.63, 3.8) is 0 Å². The van der Waals surface area contributed by atoms with Gasteiger partial charge in [-0.3, -0.25) is 0 Å². The maximum absolute atomic E-state index is 13.9. The lowest BCUT2D eigenvalue weighted by molar-refractivity contribution is -0.0289. The Hall–Kier alpha value is -0.930. The first-order chi connectivity index (χ1) is 7.98. The Morgan fingerprint density at radius 2 is 2.12 bits per heavy atom. The van der Waals surface area contributed by atoms with Crippen molar-refractivity contribution in [2.45, 2.75) is 38.8 Å². The molecule has 0 amide bonds. The van der Waals surface area contributed by atoms with Crippen molar-refractivity contribution in [3.8, 4) is 0 Å². The van der Waals surface area contributed by atoms with Crippen LogP contribution in [0.2, 0.25) is 0 Å². The van der Waals surface area contributed by atoms with Crippen molar-refractivity contribution in [1.82, 2.24) is 5.32 Å². The molecule has 0 aromatic heterocycles. The second kappa shape index (κ2) is 5.61. The predicted molar refractivity (Wildman–Crippen MR) is 68.6 cm³/mol. The monoisotopic (exact) mass is 239 g/mol. The molecule has 0 saturated heterocycles. The Balaban J connectivity index is 3.21. The molecule has 0 saturated carbocycles. The molecule has 0 aliphatic rings. The molecule has 0 radical (unpaired) electrons. The third-order valence-corrected chi connectivity index (χ3v) is 3.53. The number of hydrogen-bond donors (Lipinski definition) is 1. The highest BCUT2D eigenvalue weighted by Gasteiger charge is 2.34. The number of halogens is 1. The molecule has 3 heteroatoms. The van der Waals surface area contributed by atoms with Crippen molar-refractivity contribution in [2.24, 2.45) is 0 Å². The van der Waals surface area contributed by atoms with Gasteiger partial charge in [0.05, 0.1) is 11.6 Å². The van der Waals surface area contributed by atoms with Crippen LogP contribution in [0.4, 0.5) is 4.39 Å². The molecule has 1 N–H and O–H groups in total. The van der Waals surface area contributed by atoms with E-state index < -0.39 is 5.60 Å². The van der Waals surface area contributed by atoms with E-state index in [1.807, 2.05) is 33.9 Å². The summed E-state index contributed by atoms with van der Waals surface area (Å²) in [5, 5.41) is 3.16. The summed E-state index contributed by atoms with van der Waals surface area (Å²) in [5.41, 5.74) is 1.30. The molecule has 1 aromatic carbocycles. The van der Waals surface area contributed by atoms with Crippen molar-refractivity contribution in [2.75, 3.05) is 14.2 Å². The second-order valence-corrected chi connectivity index (χ2v) is 4.62. The first-order valence-corrected chi connectivity index (χ1v) is 5.97. The highest BCUT2D eigenvalue weighted by atomic mass is 19.1. The van der Waals surface area contributed by atoms with Crippen LogP contribution in [0.1, 0.15) is 37.4 Å². The highest BCUT2D eigenvalue weighted by Crippen LogP contribution is 2.33. The lowest BCUT2D eigenvalue weighted by Crippen LogP contribution is -2.41. The summed E-state index contributed by atoms with van der Waals surface area (Å²) >= 11 is 0. The Morgan fingerprint density at radius 1 is 1.47 bits per heavy atom. The summed E-state index contributed by atoms with van der Waals surface area (Å²) in [6.45, 7) is 6.00. The van der Waals surface area contributed by atoms with Crippen LogP contribution in [0.3, 0.4) is 0 Å². The van der Waals surface area contributed by atoms with Crippen molar-refractivity contribution in [3.05, 3.63) is 35.1 Å². The van der Waals surface area contributed by atoms with Gasteiger partial charge in [0.15, 0.2) is 0 Å². The minimum Gasteiger partial charge on any atom is -0.377 e. The Morgan fingerprint density at radius 3 is 2.59 bits per heavy atom. The average Bonchev–Trinajstić information content (AvgIpc) is 2.34. The first-order valence-electron chi connectivity index (χ1n) is 5.97. The maximum atomic E-state index is 13.9. The average molecular weight is 239 g/mol.